The lowest BCUT2D eigenvalue weighted by atomic mass is 10.1. The molecule has 0 bridgehead atoms. The minimum absolute atomic E-state index is 0.0407. The summed E-state index contributed by atoms with van der Waals surface area (Å²) in [6, 6.07) is 1.69. The molecule has 2 rings (SSSR count). The van der Waals surface area contributed by atoms with Crippen LogP contribution < -0.4 is 15.8 Å². The van der Waals surface area contributed by atoms with Crippen LogP contribution in [-0.2, 0) is 10.0 Å². The zero-order chi connectivity index (χ0) is 16.9. The van der Waals surface area contributed by atoms with Gasteiger partial charge in [0.15, 0.2) is 5.76 Å². The van der Waals surface area contributed by atoms with Crippen molar-refractivity contribution in [1.29, 1.82) is 0 Å². The van der Waals surface area contributed by atoms with E-state index in [2.05, 4.69) is 10.6 Å². The zero-order valence-electron chi connectivity index (χ0n) is 13.4. The van der Waals surface area contributed by atoms with Gasteiger partial charge in [0.25, 0.3) is 5.91 Å². The van der Waals surface area contributed by atoms with E-state index < -0.39 is 15.9 Å². The van der Waals surface area contributed by atoms with Crippen LogP contribution in [0.3, 0.4) is 0 Å². The third-order valence-corrected chi connectivity index (χ3v) is 5.12. The number of sulfonamides is 1. The lowest BCUT2D eigenvalue weighted by molar-refractivity contribution is 0.0924. The van der Waals surface area contributed by atoms with Gasteiger partial charge in [-0.1, -0.05) is 25.7 Å². The molecule has 1 aliphatic rings. The second-order valence-electron chi connectivity index (χ2n) is 5.97. The summed E-state index contributed by atoms with van der Waals surface area (Å²) in [6.45, 7) is 2.60. The normalized spacial score (nSPS) is 17.0. The van der Waals surface area contributed by atoms with Crippen molar-refractivity contribution in [2.75, 3.05) is 13.1 Å². The van der Waals surface area contributed by atoms with Crippen molar-refractivity contribution in [2.45, 2.75) is 56.4 Å². The largest absolute Gasteiger partial charge is 0.455 e. The Hall–Kier alpha value is -1.38. The molecule has 7 nitrogen and oxygen atoms in total. The number of nitrogens with two attached hydrogens (primary N) is 1. The predicted molar refractivity (Wildman–Crippen MR) is 86.6 cm³/mol. The lowest BCUT2D eigenvalue weighted by Crippen LogP contribution is -2.36. The van der Waals surface area contributed by atoms with Crippen LogP contribution in [0.15, 0.2) is 15.4 Å². The molecule has 1 fully saturated rings. The Balaban J connectivity index is 1.79. The maximum absolute atomic E-state index is 12.0. The molecule has 0 unspecified atom stereocenters. The molecule has 1 aromatic rings. The number of amides is 1. The molecule has 0 atom stereocenters. The quantitative estimate of drug-likeness (QED) is 0.532. The van der Waals surface area contributed by atoms with Crippen LogP contribution >= 0.6 is 0 Å². The highest BCUT2D eigenvalue weighted by atomic mass is 32.2. The molecule has 0 radical (unpaired) electrons. The minimum Gasteiger partial charge on any atom is -0.455 e. The van der Waals surface area contributed by atoms with E-state index in [1.165, 1.54) is 51.5 Å². The summed E-state index contributed by atoms with van der Waals surface area (Å²) in [5, 5.41) is 11.2. The van der Waals surface area contributed by atoms with Crippen molar-refractivity contribution in [3.63, 3.8) is 0 Å². The second kappa shape index (κ2) is 7.94. The third kappa shape index (κ3) is 5.33. The molecule has 0 aromatic carbocycles. The van der Waals surface area contributed by atoms with E-state index in [0.717, 1.165) is 0 Å². The van der Waals surface area contributed by atoms with E-state index in [1.54, 1.807) is 0 Å². The highest BCUT2D eigenvalue weighted by molar-refractivity contribution is 7.89. The molecule has 130 valence electrons. The first kappa shape index (κ1) is 18.0. The number of carbonyl (C=O) groups is 1. The van der Waals surface area contributed by atoms with Crippen LogP contribution in [-0.4, -0.2) is 33.5 Å². The Kier molecular flexibility index (Phi) is 6.20. The van der Waals surface area contributed by atoms with Crippen LogP contribution in [0.25, 0.3) is 0 Å². The van der Waals surface area contributed by atoms with Crippen LogP contribution in [0.1, 0.15) is 54.8 Å². The highest BCUT2D eigenvalue weighted by Gasteiger charge is 2.20. The maximum atomic E-state index is 12.0. The number of hydrogen-bond acceptors (Lipinski definition) is 5. The molecule has 0 spiro atoms. The van der Waals surface area contributed by atoms with Crippen molar-refractivity contribution < 1.29 is 17.6 Å². The lowest BCUT2D eigenvalue weighted by Gasteiger charge is -2.16. The third-order valence-electron chi connectivity index (χ3n) is 4.10. The topological polar surface area (TPSA) is 114 Å². The summed E-state index contributed by atoms with van der Waals surface area (Å²) in [5.41, 5.74) is 0. The predicted octanol–water partition coefficient (Wildman–Crippen LogP) is 1.28. The number of nitrogens with one attached hydrogen (secondary N) is 2. The van der Waals surface area contributed by atoms with E-state index in [-0.39, 0.29) is 16.4 Å². The van der Waals surface area contributed by atoms with E-state index in [1.807, 2.05) is 0 Å². The number of aryl methyl sites for hydroxylation is 1. The van der Waals surface area contributed by atoms with E-state index >= 15 is 0 Å². The summed E-state index contributed by atoms with van der Waals surface area (Å²) in [7, 11) is -3.88. The minimum atomic E-state index is -3.88. The molecule has 8 heteroatoms. The second-order valence-corrected chi connectivity index (χ2v) is 7.50. The molecule has 1 amide bonds. The van der Waals surface area contributed by atoms with Crippen molar-refractivity contribution in [1.82, 2.24) is 10.6 Å². The molecule has 1 aliphatic carbocycles. The van der Waals surface area contributed by atoms with Crippen LogP contribution in [0.4, 0.5) is 0 Å². The first-order valence-corrected chi connectivity index (χ1v) is 9.57. The van der Waals surface area contributed by atoms with Gasteiger partial charge < -0.3 is 15.1 Å². The van der Waals surface area contributed by atoms with Crippen molar-refractivity contribution in [2.24, 2.45) is 5.14 Å². The monoisotopic (exact) mass is 343 g/mol. The van der Waals surface area contributed by atoms with Crippen molar-refractivity contribution >= 4 is 15.9 Å². The average molecular weight is 343 g/mol. The van der Waals surface area contributed by atoms with Crippen LogP contribution in [0.5, 0.6) is 0 Å². The van der Waals surface area contributed by atoms with Gasteiger partial charge >= 0.3 is 0 Å². The summed E-state index contributed by atoms with van der Waals surface area (Å²) in [5.74, 6) is -0.360. The first-order chi connectivity index (χ1) is 10.9. The summed E-state index contributed by atoms with van der Waals surface area (Å²) in [6.07, 6.45) is 7.49. The summed E-state index contributed by atoms with van der Waals surface area (Å²) >= 11 is 0. The smallest absolute Gasteiger partial charge is 0.287 e. The molecular formula is C15H25N3O4S. The maximum Gasteiger partial charge on any atom is 0.287 e. The number of hydrogen-bond donors (Lipinski definition) is 3. The van der Waals surface area contributed by atoms with Gasteiger partial charge in [-0.2, -0.15) is 0 Å². The van der Waals surface area contributed by atoms with Gasteiger partial charge in [-0.25, -0.2) is 13.6 Å². The van der Waals surface area contributed by atoms with Gasteiger partial charge in [0, 0.05) is 25.2 Å². The fourth-order valence-corrected chi connectivity index (χ4v) is 3.60. The molecule has 1 heterocycles. The summed E-state index contributed by atoms with van der Waals surface area (Å²) in [4.78, 5) is 11.8. The standard InChI is InChI=1S/C15H25N3O4S/c1-11-14(23(16,20)21)10-13(22-11)15(19)18-9-8-17-12-6-4-2-3-5-7-12/h10,12,17H,2-9H2,1H3,(H,18,19)(H2,16,20,21). The Morgan fingerprint density at radius 3 is 2.48 bits per heavy atom. The fraction of sp³-hybridized carbons (Fsp3) is 0.667. The SMILES string of the molecule is Cc1oc(C(=O)NCCNC2CCCCCC2)cc1S(N)(=O)=O. The highest BCUT2D eigenvalue weighted by Crippen LogP contribution is 2.18. The van der Waals surface area contributed by atoms with Gasteiger partial charge in [-0.05, 0) is 19.8 Å². The molecule has 23 heavy (non-hydrogen) atoms. The van der Waals surface area contributed by atoms with E-state index in [0.29, 0.717) is 19.1 Å². The molecule has 4 N–H and O–H groups in total. The van der Waals surface area contributed by atoms with Gasteiger partial charge in [0.1, 0.15) is 10.7 Å². The van der Waals surface area contributed by atoms with Gasteiger partial charge in [0.2, 0.25) is 10.0 Å². The number of carbonyl (C=O) groups excluding carboxylic acids is 1. The van der Waals surface area contributed by atoms with Crippen molar-refractivity contribution in [3.8, 4) is 0 Å². The van der Waals surface area contributed by atoms with Crippen molar-refractivity contribution in [3.05, 3.63) is 17.6 Å². The number of rotatable bonds is 6. The van der Waals surface area contributed by atoms with E-state index in [9.17, 15) is 13.2 Å². The fourth-order valence-electron chi connectivity index (χ4n) is 2.88. The molecule has 0 saturated heterocycles. The Labute approximate surface area is 137 Å². The Morgan fingerprint density at radius 1 is 1.26 bits per heavy atom. The molecule has 0 aliphatic heterocycles. The molecule has 1 saturated carbocycles. The average Bonchev–Trinajstić information content (AvgIpc) is 2.70. The number of furan rings is 1. The van der Waals surface area contributed by atoms with Gasteiger partial charge in [-0.3, -0.25) is 4.79 Å². The molecular weight excluding hydrogens is 318 g/mol. The van der Waals surface area contributed by atoms with E-state index in [4.69, 9.17) is 9.56 Å². The first-order valence-electron chi connectivity index (χ1n) is 8.03. The van der Waals surface area contributed by atoms with Gasteiger partial charge in [0.05, 0.1) is 0 Å². The summed E-state index contributed by atoms with van der Waals surface area (Å²) < 4.78 is 27.8. The van der Waals surface area contributed by atoms with Crippen LogP contribution in [0, 0.1) is 6.92 Å². The van der Waals surface area contributed by atoms with Crippen LogP contribution in [0.2, 0.25) is 0 Å². The van der Waals surface area contributed by atoms with Gasteiger partial charge in [-0.15, -0.1) is 0 Å². The Bertz CT molecular complexity index is 631. The zero-order valence-corrected chi connectivity index (χ0v) is 14.2. The molecule has 1 aromatic heterocycles. The Morgan fingerprint density at radius 2 is 1.91 bits per heavy atom. The number of primary sulfonamides is 1.